The number of nitrogens with one attached hydrogen (secondary N) is 1. The van der Waals surface area contributed by atoms with E-state index in [1.165, 1.54) is 31.0 Å². The lowest BCUT2D eigenvalue weighted by Crippen LogP contribution is -2.12. The monoisotopic (exact) mass is 293 g/mol. The van der Waals surface area contributed by atoms with Gasteiger partial charge < -0.3 is 15.8 Å². The molecule has 0 aromatic heterocycles. The molecular formula is C14H19N3O4. The summed E-state index contributed by atoms with van der Waals surface area (Å²) >= 11 is 0. The van der Waals surface area contributed by atoms with Gasteiger partial charge in [0, 0.05) is 31.4 Å². The first-order valence-electron chi connectivity index (χ1n) is 6.98. The zero-order chi connectivity index (χ0) is 15.2. The molecule has 1 aromatic carbocycles. The van der Waals surface area contributed by atoms with Crippen LogP contribution < -0.4 is 11.1 Å². The molecule has 7 heteroatoms. The van der Waals surface area contributed by atoms with Crippen molar-refractivity contribution in [1.82, 2.24) is 0 Å². The van der Waals surface area contributed by atoms with Crippen molar-refractivity contribution in [3.8, 4) is 0 Å². The van der Waals surface area contributed by atoms with Crippen LogP contribution in [0.15, 0.2) is 18.2 Å². The minimum absolute atomic E-state index is 0.125. The molecule has 1 fully saturated rings. The van der Waals surface area contributed by atoms with Crippen molar-refractivity contribution >= 4 is 17.3 Å². The number of rotatable bonds is 9. The van der Waals surface area contributed by atoms with Gasteiger partial charge in [-0.05, 0) is 37.3 Å². The summed E-state index contributed by atoms with van der Waals surface area (Å²) < 4.78 is 5.49. The van der Waals surface area contributed by atoms with Gasteiger partial charge in [0.1, 0.15) is 5.69 Å². The molecule has 0 heterocycles. The van der Waals surface area contributed by atoms with Crippen LogP contribution in [0.5, 0.6) is 0 Å². The van der Waals surface area contributed by atoms with Crippen molar-refractivity contribution in [3.63, 3.8) is 0 Å². The van der Waals surface area contributed by atoms with Crippen LogP contribution in [0.3, 0.4) is 0 Å². The first-order chi connectivity index (χ1) is 10.1. The predicted octanol–water partition coefficient (Wildman–Crippen LogP) is 1.92. The molecule has 0 unspecified atom stereocenters. The maximum atomic E-state index is 11.0. The highest BCUT2D eigenvalue weighted by atomic mass is 16.6. The van der Waals surface area contributed by atoms with E-state index in [9.17, 15) is 14.9 Å². The van der Waals surface area contributed by atoms with Gasteiger partial charge in [-0.2, -0.15) is 0 Å². The zero-order valence-corrected chi connectivity index (χ0v) is 11.7. The van der Waals surface area contributed by atoms with E-state index in [1.807, 2.05) is 0 Å². The largest absolute Gasteiger partial charge is 0.381 e. The summed E-state index contributed by atoms with van der Waals surface area (Å²) in [5, 5.41) is 14.0. The molecule has 7 nitrogen and oxygen atoms in total. The fraction of sp³-hybridized carbons (Fsp3) is 0.500. The van der Waals surface area contributed by atoms with E-state index in [2.05, 4.69) is 5.32 Å². The number of nitro groups is 1. The highest BCUT2D eigenvalue weighted by molar-refractivity contribution is 5.94. The molecule has 21 heavy (non-hydrogen) atoms. The summed E-state index contributed by atoms with van der Waals surface area (Å²) in [6.45, 7) is 2.02. The number of anilines is 1. The molecule has 1 amide bonds. The minimum atomic E-state index is -0.682. The molecule has 0 aliphatic heterocycles. The number of hydrogen-bond acceptors (Lipinski definition) is 5. The number of nitrogens with zero attached hydrogens (tertiary/aromatic N) is 1. The van der Waals surface area contributed by atoms with E-state index in [4.69, 9.17) is 10.5 Å². The molecule has 3 N–H and O–H groups in total. The van der Waals surface area contributed by atoms with Crippen molar-refractivity contribution in [2.24, 2.45) is 11.7 Å². The Hall–Kier alpha value is -2.15. The summed E-state index contributed by atoms with van der Waals surface area (Å²) in [7, 11) is 0. The van der Waals surface area contributed by atoms with E-state index in [0.29, 0.717) is 18.8 Å². The van der Waals surface area contributed by atoms with E-state index in [1.54, 1.807) is 0 Å². The van der Waals surface area contributed by atoms with Gasteiger partial charge in [0.05, 0.1) is 4.92 Å². The lowest BCUT2D eigenvalue weighted by atomic mass is 10.1. The average Bonchev–Trinajstić information content (AvgIpc) is 3.26. The third-order valence-corrected chi connectivity index (χ3v) is 3.31. The maximum Gasteiger partial charge on any atom is 0.293 e. The number of benzene rings is 1. The van der Waals surface area contributed by atoms with Crippen LogP contribution in [0, 0.1) is 16.0 Å². The molecule has 1 aromatic rings. The van der Waals surface area contributed by atoms with Crippen LogP contribution in [-0.2, 0) is 4.74 Å². The van der Waals surface area contributed by atoms with E-state index in [-0.39, 0.29) is 11.3 Å². The van der Waals surface area contributed by atoms with Crippen molar-refractivity contribution in [3.05, 3.63) is 33.9 Å². The Morgan fingerprint density at radius 1 is 1.48 bits per heavy atom. The van der Waals surface area contributed by atoms with E-state index >= 15 is 0 Å². The third-order valence-electron chi connectivity index (χ3n) is 3.31. The number of hydrogen-bond donors (Lipinski definition) is 2. The van der Waals surface area contributed by atoms with E-state index < -0.39 is 10.8 Å². The van der Waals surface area contributed by atoms with Gasteiger partial charge >= 0.3 is 0 Å². The van der Waals surface area contributed by atoms with Crippen LogP contribution in [0.2, 0.25) is 0 Å². The Morgan fingerprint density at radius 3 is 2.86 bits per heavy atom. The number of carbonyl (C=O) groups excluding carboxylic acids is 1. The molecule has 0 radical (unpaired) electrons. The van der Waals surface area contributed by atoms with Crippen LogP contribution in [0.25, 0.3) is 0 Å². The lowest BCUT2D eigenvalue weighted by molar-refractivity contribution is -0.384. The number of carbonyl (C=O) groups is 1. The molecule has 1 aliphatic carbocycles. The maximum absolute atomic E-state index is 11.0. The summed E-state index contributed by atoms with van der Waals surface area (Å²) in [6, 6.07) is 4.17. The Labute approximate surface area is 122 Å². The van der Waals surface area contributed by atoms with Gasteiger partial charge in [-0.25, -0.2) is 0 Å². The molecule has 1 saturated carbocycles. The van der Waals surface area contributed by atoms with Gasteiger partial charge in [-0.1, -0.05) is 0 Å². The summed E-state index contributed by atoms with van der Waals surface area (Å²) in [5.41, 5.74) is 5.48. The zero-order valence-electron chi connectivity index (χ0n) is 11.7. The fourth-order valence-electron chi connectivity index (χ4n) is 1.92. The molecule has 1 aliphatic rings. The average molecular weight is 293 g/mol. The highest BCUT2D eigenvalue weighted by Gasteiger charge is 2.21. The molecule has 0 bridgehead atoms. The quantitative estimate of drug-likeness (QED) is 0.411. The Morgan fingerprint density at radius 2 is 2.24 bits per heavy atom. The number of nitro benzene ring substituents is 1. The third kappa shape index (κ3) is 4.71. The second-order valence-corrected chi connectivity index (χ2v) is 5.15. The number of nitrogens with two attached hydrogens (primary N) is 1. The van der Waals surface area contributed by atoms with Crippen LogP contribution in [0.1, 0.15) is 29.6 Å². The SMILES string of the molecule is NC(=O)c1ccc(NCCCOCC2CC2)c([N+](=O)[O-])c1. The lowest BCUT2D eigenvalue weighted by Gasteiger charge is -2.08. The smallest absolute Gasteiger partial charge is 0.293 e. The standard InChI is InChI=1S/C14H19N3O4/c15-14(18)11-4-5-12(13(8-11)17(19)20)16-6-1-7-21-9-10-2-3-10/h4-5,8,10,16H,1-3,6-7,9H2,(H2,15,18). The molecule has 2 rings (SSSR count). The summed E-state index contributed by atoms with van der Waals surface area (Å²) in [6.07, 6.45) is 3.29. The van der Waals surface area contributed by atoms with Gasteiger partial charge in [-0.3, -0.25) is 14.9 Å². The first kappa shape index (κ1) is 15.2. The van der Waals surface area contributed by atoms with Crippen LogP contribution in [0.4, 0.5) is 11.4 Å². The van der Waals surface area contributed by atoms with Crippen molar-refractivity contribution < 1.29 is 14.5 Å². The second-order valence-electron chi connectivity index (χ2n) is 5.15. The van der Waals surface area contributed by atoms with Crippen molar-refractivity contribution in [1.29, 1.82) is 0 Å². The Kier molecular flexibility index (Phi) is 5.10. The summed E-state index contributed by atoms with van der Waals surface area (Å²) in [4.78, 5) is 21.5. The highest BCUT2D eigenvalue weighted by Crippen LogP contribution is 2.28. The van der Waals surface area contributed by atoms with Gasteiger partial charge in [-0.15, -0.1) is 0 Å². The Bertz CT molecular complexity index is 529. The number of amides is 1. The van der Waals surface area contributed by atoms with Crippen LogP contribution >= 0.6 is 0 Å². The molecule has 114 valence electrons. The number of ether oxygens (including phenoxy) is 1. The van der Waals surface area contributed by atoms with Gasteiger partial charge in [0.25, 0.3) is 5.69 Å². The fourth-order valence-corrected chi connectivity index (χ4v) is 1.92. The molecule has 0 spiro atoms. The number of primary amides is 1. The topological polar surface area (TPSA) is 107 Å². The Balaban J connectivity index is 1.83. The van der Waals surface area contributed by atoms with Crippen molar-refractivity contribution in [2.75, 3.05) is 25.1 Å². The van der Waals surface area contributed by atoms with Crippen LogP contribution in [-0.4, -0.2) is 30.6 Å². The minimum Gasteiger partial charge on any atom is -0.381 e. The van der Waals surface area contributed by atoms with E-state index in [0.717, 1.165) is 18.9 Å². The molecule has 0 saturated heterocycles. The normalized spacial score (nSPS) is 13.9. The second kappa shape index (κ2) is 7.03. The first-order valence-corrected chi connectivity index (χ1v) is 6.98. The van der Waals surface area contributed by atoms with Gasteiger partial charge in [0.2, 0.25) is 5.91 Å². The molecule has 0 atom stereocenters. The predicted molar refractivity (Wildman–Crippen MR) is 78.3 cm³/mol. The summed E-state index contributed by atoms with van der Waals surface area (Å²) in [5.74, 6) is 0.0542. The van der Waals surface area contributed by atoms with Gasteiger partial charge in [0.15, 0.2) is 0 Å². The molecular weight excluding hydrogens is 274 g/mol. The van der Waals surface area contributed by atoms with Crippen molar-refractivity contribution in [2.45, 2.75) is 19.3 Å².